The molecule has 0 spiro atoms. The van der Waals surface area contributed by atoms with Gasteiger partial charge >= 0.3 is 5.97 Å². The van der Waals surface area contributed by atoms with Crippen molar-refractivity contribution in [2.45, 2.75) is 32.3 Å². The van der Waals surface area contributed by atoms with Crippen LogP contribution in [0.5, 0.6) is 5.75 Å². The van der Waals surface area contributed by atoms with Crippen molar-refractivity contribution in [1.82, 2.24) is 5.32 Å². The first-order valence-corrected chi connectivity index (χ1v) is 6.34. The lowest BCUT2D eigenvalue weighted by Crippen LogP contribution is -2.38. The fourth-order valence-electron chi connectivity index (χ4n) is 1.55. The first kappa shape index (κ1) is 15.0. The van der Waals surface area contributed by atoms with Gasteiger partial charge < -0.3 is 15.2 Å². The Bertz CT molecular complexity index is 405. The molecular weight excluding hydrogens is 246 g/mol. The molecule has 1 rings (SSSR count). The van der Waals surface area contributed by atoms with Gasteiger partial charge in [-0.05, 0) is 25.0 Å². The molecule has 1 atom stereocenters. The summed E-state index contributed by atoms with van der Waals surface area (Å²) in [4.78, 5) is 22.2. The smallest absolute Gasteiger partial charge is 0.303 e. The quantitative estimate of drug-likeness (QED) is 0.703. The minimum atomic E-state index is -0.859. The van der Waals surface area contributed by atoms with Gasteiger partial charge in [0.05, 0.1) is 0 Å². The third kappa shape index (κ3) is 5.90. The van der Waals surface area contributed by atoms with Crippen LogP contribution in [-0.4, -0.2) is 29.6 Å². The molecule has 0 saturated carbocycles. The molecule has 0 aliphatic carbocycles. The zero-order valence-electron chi connectivity index (χ0n) is 11.0. The van der Waals surface area contributed by atoms with E-state index in [4.69, 9.17) is 9.84 Å². The molecule has 0 saturated heterocycles. The number of hydrogen-bond acceptors (Lipinski definition) is 3. The third-order valence-electron chi connectivity index (χ3n) is 2.55. The second-order valence-electron chi connectivity index (χ2n) is 4.12. The number of amides is 1. The Hall–Kier alpha value is -2.04. The summed E-state index contributed by atoms with van der Waals surface area (Å²) in [6.45, 7) is 2.21. The van der Waals surface area contributed by atoms with E-state index in [0.29, 0.717) is 25.1 Å². The highest BCUT2D eigenvalue weighted by atomic mass is 16.5. The van der Waals surface area contributed by atoms with Crippen molar-refractivity contribution in [2.75, 3.05) is 6.54 Å². The van der Waals surface area contributed by atoms with Gasteiger partial charge in [-0.2, -0.15) is 0 Å². The number of aliphatic carboxylic acids is 1. The average molecular weight is 265 g/mol. The number of rotatable bonds is 8. The number of carbonyl (C=O) groups is 2. The molecule has 0 aliphatic heterocycles. The van der Waals surface area contributed by atoms with E-state index in [-0.39, 0.29) is 12.3 Å². The second-order valence-corrected chi connectivity index (χ2v) is 4.12. The minimum absolute atomic E-state index is 0.0522. The first-order chi connectivity index (χ1) is 9.13. The third-order valence-corrected chi connectivity index (χ3v) is 2.55. The normalized spacial score (nSPS) is 11.6. The van der Waals surface area contributed by atoms with Gasteiger partial charge in [0.15, 0.2) is 6.10 Å². The molecule has 1 aromatic carbocycles. The summed E-state index contributed by atoms with van der Waals surface area (Å²) in [5.41, 5.74) is 0. The molecule has 1 amide bonds. The van der Waals surface area contributed by atoms with Crippen molar-refractivity contribution < 1.29 is 19.4 Å². The molecule has 5 heteroatoms. The Balaban J connectivity index is 2.37. The Morgan fingerprint density at radius 3 is 2.58 bits per heavy atom. The number of nitrogens with one attached hydrogen (secondary N) is 1. The summed E-state index contributed by atoms with van der Waals surface area (Å²) in [5, 5.41) is 11.2. The Morgan fingerprint density at radius 1 is 1.32 bits per heavy atom. The van der Waals surface area contributed by atoms with Crippen LogP contribution >= 0.6 is 0 Å². The monoisotopic (exact) mass is 265 g/mol. The van der Waals surface area contributed by atoms with Crippen molar-refractivity contribution in [3.63, 3.8) is 0 Å². The van der Waals surface area contributed by atoms with E-state index in [9.17, 15) is 9.59 Å². The Labute approximate surface area is 112 Å². The van der Waals surface area contributed by atoms with E-state index in [0.717, 1.165) is 0 Å². The van der Waals surface area contributed by atoms with Gasteiger partial charge in [-0.15, -0.1) is 0 Å². The maximum Gasteiger partial charge on any atom is 0.303 e. The van der Waals surface area contributed by atoms with Crippen LogP contribution in [0.25, 0.3) is 0 Å². The molecule has 1 unspecified atom stereocenters. The van der Waals surface area contributed by atoms with E-state index < -0.39 is 12.1 Å². The van der Waals surface area contributed by atoms with Gasteiger partial charge in [-0.25, -0.2) is 0 Å². The van der Waals surface area contributed by atoms with Gasteiger partial charge in [0.1, 0.15) is 5.75 Å². The number of carboxylic acid groups (broad SMARTS) is 1. The topological polar surface area (TPSA) is 75.6 Å². The van der Waals surface area contributed by atoms with Crippen LogP contribution < -0.4 is 10.1 Å². The second kappa shape index (κ2) is 8.13. The van der Waals surface area contributed by atoms with Crippen LogP contribution in [0, 0.1) is 0 Å². The van der Waals surface area contributed by atoms with Crippen molar-refractivity contribution in [3.05, 3.63) is 30.3 Å². The molecule has 0 bridgehead atoms. The lowest BCUT2D eigenvalue weighted by atomic mass is 10.2. The van der Waals surface area contributed by atoms with Gasteiger partial charge in [0.25, 0.3) is 5.91 Å². The molecule has 0 heterocycles. The van der Waals surface area contributed by atoms with Crippen LogP contribution in [0.2, 0.25) is 0 Å². The predicted molar refractivity (Wildman–Crippen MR) is 71.0 cm³/mol. The van der Waals surface area contributed by atoms with Crippen LogP contribution in [0.15, 0.2) is 30.3 Å². The van der Waals surface area contributed by atoms with Crippen LogP contribution in [0.4, 0.5) is 0 Å². The molecular formula is C14H19NO4. The zero-order chi connectivity index (χ0) is 14.1. The van der Waals surface area contributed by atoms with E-state index in [2.05, 4.69) is 5.32 Å². The average Bonchev–Trinajstić information content (AvgIpc) is 2.41. The zero-order valence-corrected chi connectivity index (χ0v) is 11.0. The highest BCUT2D eigenvalue weighted by molar-refractivity contribution is 5.81. The lowest BCUT2D eigenvalue weighted by molar-refractivity contribution is -0.137. The number of hydrogen-bond donors (Lipinski definition) is 2. The molecule has 0 aromatic heterocycles. The number of carboxylic acids is 1. The first-order valence-electron chi connectivity index (χ1n) is 6.34. The van der Waals surface area contributed by atoms with Crippen molar-refractivity contribution in [1.29, 1.82) is 0 Å². The van der Waals surface area contributed by atoms with Crippen molar-refractivity contribution in [2.24, 2.45) is 0 Å². The molecule has 0 aliphatic rings. The number of carbonyl (C=O) groups excluding carboxylic acids is 1. The molecule has 5 nitrogen and oxygen atoms in total. The van der Waals surface area contributed by atoms with E-state index in [1.165, 1.54) is 0 Å². The summed E-state index contributed by atoms with van der Waals surface area (Å²) in [7, 11) is 0. The summed E-state index contributed by atoms with van der Waals surface area (Å²) < 4.78 is 5.58. The largest absolute Gasteiger partial charge is 0.481 e. The molecule has 1 aromatic rings. The van der Waals surface area contributed by atoms with Gasteiger partial charge in [-0.1, -0.05) is 25.1 Å². The van der Waals surface area contributed by atoms with Gasteiger partial charge in [-0.3, -0.25) is 9.59 Å². The number of benzene rings is 1. The summed E-state index contributed by atoms with van der Waals surface area (Å²) in [6.07, 6.45) is 0.478. The maximum atomic E-state index is 11.8. The predicted octanol–water partition coefficient (Wildman–Crippen LogP) is 1.82. The summed E-state index contributed by atoms with van der Waals surface area (Å²) >= 11 is 0. The molecule has 19 heavy (non-hydrogen) atoms. The molecule has 0 fully saturated rings. The minimum Gasteiger partial charge on any atom is -0.481 e. The van der Waals surface area contributed by atoms with Gasteiger partial charge in [0, 0.05) is 13.0 Å². The standard InChI is InChI=1S/C14H19NO4/c1-2-12(19-11-7-4-3-5-8-11)14(18)15-10-6-9-13(16)17/h3-5,7-8,12H,2,6,9-10H2,1H3,(H,15,18)(H,16,17). The van der Waals surface area contributed by atoms with Crippen LogP contribution in [-0.2, 0) is 9.59 Å². The summed E-state index contributed by atoms with van der Waals surface area (Å²) in [5.74, 6) is -0.423. The lowest BCUT2D eigenvalue weighted by Gasteiger charge is -2.17. The molecule has 2 N–H and O–H groups in total. The van der Waals surface area contributed by atoms with Crippen LogP contribution in [0.1, 0.15) is 26.2 Å². The number of ether oxygens (including phenoxy) is 1. The SMILES string of the molecule is CCC(Oc1ccccc1)C(=O)NCCCC(=O)O. The Morgan fingerprint density at radius 2 is 2.00 bits per heavy atom. The van der Waals surface area contributed by atoms with Crippen molar-refractivity contribution >= 4 is 11.9 Å². The highest BCUT2D eigenvalue weighted by Crippen LogP contribution is 2.12. The number of para-hydroxylation sites is 1. The van der Waals surface area contributed by atoms with E-state index >= 15 is 0 Å². The fraction of sp³-hybridized carbons (Fsp3) is 0.429. The molecule has 0 radical (unpaired) electrons. The highest BCUT2D eigenvalue weighted by Gasteiger charge is 2.17. The Kier molecular flexibility index (Phi) is 6.43. The van der Waals surface area contributed by atoms with Crippen LogP contribution in [0.3, 0.4) is 0 Å². The van der Waals surface area contributed by atoms with Crippen molar-refractivity contribution in [3.8, 4) is 5.75 Å². The molecule has 104 valence electrons. The maximum absolute atomic E-state index is 11.8. The van der Waals surface area contributed by atoms with E-state index in [1.807, 2.05) is 25.1 Å². The van der Waals surface area contributed by atoms with E-state index in [1.54, 1.807) is 12.1 Å². The summed E-state index contributed by atoms with van der Waals surface area (Å²) in [6, 6.07) is 9.14. The van der Waals surface area contributed by atoms with Gasteiger partial charge in [0.2, 0.25) is 0 Å². The fourth-order valence-corrected chi connectivity index (χ4v) is 1.55.